The van der Waals surface area contributed by atoms with Gasteiger partial charge in [0.05, 0.1) is 5.54 Å². The quantitative estimate of drug-likeness (QED) is 0.524. The Bertz CT molecular complexity index is 726. The highest BCUT2D eigenvalue weighted by Gasteiger charge is 2.60. The predicted octanol–water partition coefficient (Wildman–Crippen LogP) is 3.76. The number of pyridine rings is 1. The normalized spacial score (nSPS) is 33.2. The van der Waals surface area contributed by atoms with Crippen molar-refractivity contribution < 1.29 is 14.3 Å². The van der Waals surface area contributed by atoms with Crippen LogP contribution in [0, 0.1) is 23.0 Å². The third-order valence-electron chi connectivity index (χ3n) is 6.52. The lowest BCUT2D eigenvalue weighted by Gasteiger charge is -2.60. The summed E-state index contributed by atoms with van der Waals surface area (Å²) in [5.74, 6) is 1.43. The van der Waals surface area contributed by atoms with Gasteiger partial charge in [0.25, 0.3) is 0 Å². The van der Waals surface area contributed by atoms with E-state index in [-0.39, 0.29) is 11.6 Å². The number of piperidine rings is 1. The minimum atomic E-state index is -0.521. The highest BCUT2D eigenvalue weighted by Crippen LogP contribution is 2.58. The van der Waals surface area contributed by atoms with Crippen LogP contribution < -0.4 is 4.73 Å². The van der Waals surface area contributed by atoms with E-state index in [0.717, 1.165) is 48.1 Å². The molecule has 1 saturated heterocycles. The van der Waals surface area contributed by atoms with Gasteiger partial charge in [-0.3, -0.25) is 4.90 Å². The molecule has 1 aromatic heterocycles. The second-order valence-corrected chi connectivity index (χ2v) is 9.51. The Morgan fingerprint density at radius 1 is 1.42 bits per heavy atom. The number of carbonyl (C=O) groups is 1. The van der Waals surface area contributed by atoms with E-state index in [2.05, 4.69) is 13.0 Å². The highest BCUT2D eigenvalue weighted by atomic mass is 16.6. The maximum absolute atomic E-state index is 13.2. The Morgan fingerprint density at radius 2 is 2.19 bits per heavy atom. The minimum absolute atomic E-state index is 0.232. The maximum atomic E-state index is 13.2. The minimum Gasteiger partial charge on any atom is -0.618 e. The first-order chi connectivity index (χ1) is 12.2. The maximum Gasteiger partial charge on any atom is 0.411 e. The van der Waals surface area contributed by atoms with E-state index in [4.69, 9.17) is 4.74 Å². The molecule has 142 valence electrons. The molecule has 2 bridgehead atoms. The average molecular weight is 358 g/mol. The van der Waals surface area contributed by atoms with Gasteiger partial charge >= 0.3 is 6.09 Å². The first-order valence-corrected chi connectivity index (χ1v) is 9.94. The molecule has 0 radical (unpaired) electrons. The van der Waals surface area contributed by atoms with E-state index < -0.39 is 5.60 Å². The van der Waals surface area contributed by atoms with Crippen molar-refractivity contribution in [1.82, 2.24) is 4.90 Å². The summed E-state index contributed by atoms with van der Waals surface area (Å²) in [6.45, 7) is 8.73. The fourth-order valence-corrected chi connectivity index (χ4v) is 5.91. The van der Waals surface area contributed by atoms with Gasteiger partial charge in [-0.15, -0.1) is 0 Å². The zero-order chi connectivity index (χ0) is 18.7. The second kappa shape index (κ2) is 5.86. The average Bonchev–Trinajstić information content (AvgIpc) is 2.53. The second-order valence-electron chi connectivity index (χ2n) is 9.51. The highest BCUT2D eigenvalue weighted by molar-refractivity contribution is 5.70. The molecule has 5 nitrogen and oxygen atoms in total. The molecule has 2 heterocycles. The summed E-state index contributed by atoms with van der Waals surface area (Å²) in [6, 6.07) is 3.91. The van der Waals surface area contributed by atoms with Gasteiger partial charge in [0, 0.05) is 24.6 Å². The van der Waals surface area contributed by atoms with Crippen molar-refractivity contribution in [2.75, 3.05) is 6.54 Å². The molecule has 1 aliphatic heterocycles. The topological polar surface area (TPSA) is 56.5 Å². The lowest BCUT2D eigenvalue weighted by Crippen LogP contribution is -2.65. The van der Waals surface area contributed by atoms with Crippen molar-refractivity contribution in [3.63, 3.8) is 0 Å². The molecule has 0 unspecified atom stereocenters. The molecule has 0 aromatic carbocycles. The Labute approximate surface area is 155 Å². The molecule has 3 aliphatic rings. The number of nitrogens with zero attached hydrogens (tertiary/aromatic N) is 2. The van der Waals surface area contributed by atoms with Gasteiger partial charge in [-0.1, -0.05) is 6.92 Å². The molecular formula is C21H30N2O3. The van der Waals surface area contributed by atoms with E-state index >= 15 is 0 Å². The van der Waals surface area contributed by atoms with E-state index in [9.17, 15) is 10.0 Å². The molecule has 5 heteroatoms. The summed E-state index contributed by atoms with van der Waals surface area (Å²) in [6.07, 6.45) is 6.39. The lowest BCUT2D eigenvalue weighted by molar-refractivity contribution is -0.616. The van der Waals surface area contributed by atoms with Crippen LogP contribution in [-0.4, -0.2) is 23.1 Å². The predicted molar refractivity (Wildman–Crippen MR) is 98.3 cm³/mol. The zero-order valence-corrected chi connectivity index (χ0v) is 16.3. The number of fused-ring (bicyclic) bond motifs is 1. The number of hydrogen-bond acceptors (Lipinski definition) is 3. The number of hydrogen-bond donors (Lipinski definition) is 0. The molecule has 0 spiro atoms. The van der Waals surface area contributed by atoms with Crippen molar-refractivity contribution in [3.05, 3.63) is 34.8 Å². The first kappa shape index (κ1) is 17.6. The number of amides is 1. The van der Waals surface area contributed by atoms with Gasteiger partial charge in [-0.05, 0) is 70.3 Å². The van der Waals surface area contributed by atoms with Crippen molar-refractivity contribution in [2.45, 2.75) is 70.9 Å². The van der Waals surface area contributed by atoms with Gasteiger partial charge in [-0.25, -0.2) is 4.79 Å². The molecule has 1 saturated carbocycles. The van der Waals surface area contributed by atoms with Crippen LogP contribution in [0.5, 0.6) is 0 Å². The van der Waals surface area contributed by atoms with Gasteiger partial charge in [-0.2, -0.15) is 4.73 Å². The van der Waals surface area contributed by atoms with Crippen molar-refractivity contribution in [2.24, 2.45) is 17.8 Å². The van der Waals surface area contributed by atoms with Crippen LogP contribution in [-0.2, 0) is 16.7 Å². The molecule has 4 rings (SSSR count). The third kappa shape index (κ3) is 2.58. The number of ether oxygens (including phenoxy) is 1. The fraction of sp³-hybridized carbons (Fsp3) is 0.714. The molecule has 2 aliphatic carbocycles. The number of aromatic nitrogens is 1. The molecular weight excluding hydrogens is 328 g/mol. The summed E-state index contributed by atoms with van der Waals surface area (Å²) in [5, 5.41) is 12.5. The van der Waals surface area contributed by atoms with Crippen LogP contribution in [0.3, 0.4) is 0 Å². The van der Waals surface area contributed by atoms with E-state index in [1.54, 1.807) is 6.20 Å². The van der Waals surface area contributed by atoms with Crippen LogP contribution in [0.25, 0.3) is 0 Å². The van der Waals surface area contributed by atoms with Gasteiger partial charge in [0.1, 0.15) is 5.60 Å². The summed E-state index contributed by atoms with van der Waals surface area (Å²) < 4.78 is 6.82. The molecule has 1 amide bonds. The summed E-state index contributed by atoms with van der Waals surface area (Å²) in [7, 11) is 0. The third-order valence-corrected chi connectivity index (χ3v) is 6.52. The van der Waals surface area contributed by atoms with Crippen LogP contribution in [0.1, 0.15) is 64.6 Å². The first-order valence-electron chi connectivity index (χ1n) is 9.94. The van der Waals surface area contributed by atoms with Gasteiger partial charge < -0.3 is 9.94 Å². The smallest absolute Gasteiger partial charge is 0.411 e. The Morgan fingerprint density at radius 3 is 2.92 bits per heavy atom. The van der Waals surface area contributed by atoms with Crippen molar-refractivity contribution in [3.8, 4) is 0 Å². The summed E-state index contributed by atoms with van der Waals surface area (Å²) in [4.78, 5) is 15.2. The number of likely N-dealkylation sites (tertiary alicyclic amines) is 1. The molecule has 4 atom stereocenters. The SMILES string of the molecule is C[C@@H]1C[C@H]2Cc3c(ccc[n+]3[O-])[C@@]3(C1)[C@@H]2CCCN3C(=O)OC(C)(C)C. The zero-order valence-electron chi connectivity index (χ0n) is 16.3. The van der Waals surface area contributed by atoms with Crippen LogP contribution in [0.2, 0.25) is 0 Å². The Kier molecular flexibility index (Phi) is 3.97. The Hall–Kier alpha value is -1.78. The van der Waals surface area contributed by atoms with Crippen LogP contribution in [0.15, 0.2) is 18.3 Å². The Balaban J connectivity index is 1.86. The standard InChI is InChI=1S/C21H30N2O3/c1-14-11-15-12-18-17(8-6-10-23(18)25)21(13-14)16(15)7-5-9-22(21)19(24)26-20(2,3)4/h6,8,10,14-16H,5,7,9,11-13H2,1-4H3/t14-,15+,16-,21-/m1/s1. The van der Waals surface area contributed by atoms with Crippen molar-refractivity contribution in [1.29, 1.82) is 0 Å². The molecule has 0 N–H and O–H groups in total. The van der Waals surface area contributed by atoms with Gasteiger partial charge in [0.15, 0.2) is 11.9 Å². The fourth-order valence-electron chi connectivity index (χ4n) is 5.91. The molecule has 26 heavy (non-hydrogen) atoms. The van der Waals surface area contributed by atoms with E-state index in [1.165, 1.54) is 0 Å². The van der Waals surface area contributed by atoms with Crippen molar-refractivity contribution >= 4 is 6.09 Å². The molecule has 2 fully saturated rings. The summed E-state index contributed by atoms with van der Waals surface area (Å²) >= 11 is 0. The number of rotatable bonds is 0. The van der Waals surface area contributed by atoms with Crippen LogP contribution >= 0.6 is 0 Å². The van der Waals surface area contributed by atoms with E-state index in [1.807, 2.05) is 31.7 Å². The summed E-state index contributed by atoms with van der Waals surface area (Å²) in [5.41, 5.74) is 1.01. The van der Waals surface area contributed by atoms with E-state index in [0.29, 0.717) is 24.3 Å². The molecule has 1 aromatic rings. The van der Waals surface area contributed by atoms with Gasteiger partial charge in [0.2, 0.25) is 0 Å². The number of carbonyl (C=O) groups excluding carboxylic acids is 1. The van der Waals surface area contributed by atoms with Crippen LogP contribution in [0.4, 0.5) is 4.79 Å². The lowest BCUT2D eigenvalue weighted by atomic mass is 9.53. The monoisotopic (exact) mass is 358 g/mol. The largest absolute Gasteiger partial charge is 0.618 e.